The van der Waals surface area contributed by atoms with E-state index in [2.05, 4.69) is 21.2 Å². The number of benzene rings is 1. The predicted molar refractivity (Wildman–Crippen MR) is 70.1 cm³/mol. The fraction of sp³-hybridized carbons (Fsp3) is 0.364. The molecule has 1 amide bonds. The van der Waals surface area contributed by atoms with E-state index in [0.29, 0.717) is 11.3 Å². The number of aliphatic hydroxyl groups is 2. The van der Waals surface area contributed by atoms with E-state index in [1.807, 2.05) is 13.0 Å². The second kappa shape index (κ2) is 4.97. The number of rotatable bonds is 3. The van der Waals surface area contributed by atoms with Crippen LogP contribution in [0.5, 0.6) is 0 Å². The summed E-state index contributed by atoms with van der Waals surface area (Å²) >= 11 is 4.91. The van der Waals surface area contributed by atoms with E-state index in [1.54, 1.807) is 6.07 Å². The number of nitrogens with one attached hydrogen (secondary N) is 1. The largest absolute Gasteiger partial charge is 0.395 e. The number of hydrogen-bond donors (Lipinski definition) is 3. The molecule has 0 aromatic heterocycles. The lowest BCUT2D eigenvalue weighted by molar-refractivity contribution is -0.123. The van der Waals surface area contributed by atoms with Crippen LogP contribution < -0.4 is 5.32 Å². The molecule has 92 valence electrons. The monoisotopic (exact) mass is 317 g/mol. The zero-order valence-electron chi connectivity index (χ0n) is 9.11. The van der Waals surface area contributed by atoms with E-state index in [0.717, 1.165) is 9.37 Å². The van der Waals surface area contributed by atoms with Gasteiger partial charge in [-0.05, 0) is 28.1 Å². The third-order valence-electron chi connectivity index (χ3n) is 2.49. The summed E-state index contributed by atoms with van der Waals surface area (Å²) in [5.74, 6) is -0.399. The van der Waals surface area contributed by atoms with Crippen molar-refractivity contribution in [3.05, 3.63) is 22.2 Å². The second-order valence-corrected chi connectivity index (χ2v) is 6.21. The maximum atomic E-state index is 11.3. The van der Waals surface area contributed by atoms with Gasteiger partial charge in [0.05, 0.1) is 6.61 Å². The molecule has 0 saturated heterocycles. The Morgan fingerprint density at radius 3 is 2.94 bits per heavy atom. The summed E-state index contributed by atoms with van der Waals surface area (Å²) in [6, 6.07) is 3.55. The average Bonchev–Trinajstić information content (AvgIpc) is 2.56. The van der Waals surface area contributed by atoms with E-state index in [9.17, 15) is 9.90 Å². The van der Waals surface area contributed by atoms with Crippen LogP contribution in [-0.2, 0) is 4.79 Å². The van der Waals surface area contributed by atoms with Crippen molar-refractivity contribution in [3.8, 4) is 0 Å². The normalized spacial score (nSPS) is 20.0. The van der Waals surface area contributed by atoms with Crippen molar-refractivity contribution >= 4 is 39.3 Å². The zero-order valence-corrected chi connectivity index (χ0v) is 11.5. The van der Waals surface area contributed by atoms with E-state index in [1.165, 1.54) is 11.8 Å². The van der Waals surface area contributed by atoms with Gasteiger partial charge in [-0.2, -0.15) is 0 Å². The molecular weight excluding hydrogens is 306 g/mol. The van der Waals surface area contributed by atoms with Gasteiger partial charge in [0.15, 0.2) is 6.10 Å². The Labute approximate surface area is 112 Å². The fourth-order valence-electron chi connectivity index (χ4n) is 1.59. The first-order chi connectivity index (χ1) is 8.02. The molecule has 17 heavy (non-hydrogen) atoms. The lowest BCUT2D eigenvalue weighted by Crippen LogP contribution is -2.10. The predicted octanol–water partition coefficient (Wildman–Crippen LogP) is 1.91. The van der Waals surface area contributed by atoms with Crippen LogP contribution in [0.3, 0.4) is 0 Å². The average molecular weight is 318 g/mol. The van der Waals surface area contributed by atoms with Crippen LogP contribution in [0.4, 0.5) is 5.69 Å². The maximum Gasteiger partial charge on any atom is 0.257 e. The molecular formula is C11H12BrNO3S. The number of fused-ring (bicyclic) bond motifs is 1. The smallest absolute Gasteiger partial charge is 0.257 e. The van der Waals surface area contributed by atoms with E-state index >= 15 is 0 Å². The first-order valence-electron chi connectivity index (χ1n) is 5.13. The van der Waals surface area contributed by atoms with Crippen molar-refractivity contribution in [3.63, 3.8) is 0 Å². The van der Waals surface area contributed by atoms with Crippen LogP contribution >= 0.6 is 27.7 Å². The molecule has 2 unspecified atom stereocenters. The highest BCUT2D eigenvalue weighted by atomic mass is 79.9. The van der Waals surface area contributed by atoms with Crippen LogP contribution in [-0.4, -0.2) is 28.0 Å². The lowest BCUT2D eigenvalue weighted by atomic mass is 10.1. The molecule has 0 saturated carbocycles. The second-order valence-electron chi connectivity index (χ2n) is 3.87. The minimum absolute atomic E-state index is 0.0754. The molecule has 1 aromatic carbocycles. The number of amides is 1. The summed E-state index contributed by atoms with van der Waals surface area (Å²) in [5, 5.41) is 21.3. The minimum Gasteiger partial charge on any atom is -0.395 e. The van der Waals surface area contributed by atoms with Gasteiger partial charge in [-0.25, -0.2) is 0 Å². The first-order valence-corrected chi connectivity index (χ1v) is 6.80. The van der Waals surface area contributed by atoms with Gasteiger partial charge in [-0.1, -0.05) is 6.92 Å². The van der Waals surface area contributed by atoms with Gasteiger partial charge >= 0.3 is 0 Å². The third-order valence-corrected chi connectivity index (χ3v) is 4.55. The van der Waals surface area contributed by atoms with Gasteiger partial charge in [0.25, 0.3) is 5.91 Å². The summed E-state index contributed by atoms with van der Waals surface area (Å²) in [4.78, 5) is 12.2. The molecule has 0 spiro atoms. The number of anilines is 1. The van der Waals surface area contributed by atoms with Gasteiger partial charge in [0.2, 0.25) is 0 Å². The maximum absolute atomic E-state index is 11.3. The van der Waals surface area contributed by atoms with Crippen LogP contribution in [0.25, 0.3) is 0 Å². The summed E-state index contributed by atoms with van der Waals surface area (Å²) in [6.07, 6.45) is -1.09. The number of halogens is 1. The Hall–Kier alpha value is -0.560. The molecule has 4 nitrogen and oxygen atoms in total. The highest BCUT2D eigenvalue weighted by molar-refractivity contribution is 9.10. The Kier molecular flexibility index (Phi) is 3.77. The number of hydrogen-bond acceptors (Lipinski definition) is 4. The lowest BCUT2D eigenvalue weighted by Gasteiger charge is -2.11. The molecule has 1 heterocycles. The third kappa shape index (κ3) is 2.49. The van der Waals surface area contributed by atoms with Crippen molar-refractivity contribution in [1.29, 1.82) is 0 Å². The molecule has 2 atom stereocenters. The van der Waals surface area contributed by atoms with E-state index < -0.39 is 12.0 Å². The summed E-state index contributed by atoms with van der Waals surface area (Å²) < 4.78 is 0.817. The molecule has 1 aromatic rings. The molecule has 0 aliphatic carbocycles. The highest BCUT2D eigenvalue weighted by Crippen LogP contribution is 2.39. The quantitative estimate of drug-likeness (QED) is 0.745. The highest BCUT2D eigenvalue weighted by Gasteiger charge is 2.29. The van der Waals surface area contributed by atoms with Gasteiger partial charge in [0, 0.05) is 25.9 Å². The molecule has 0 radical (unpaired) electrons. The molecule has 1 aliphatic heterocycles. The number of carbonyl (C=O) groups is 1. The van der Waals surface area contributed by atoms with Crippen molar-refractivity contribution in [1.82, 2.24) is 0 Å². The zero-order chi connectivity index (χ0) is 12.6. The Balaban J connectivity index is 2.33. The minimum atomic E-state index is -1.09. The Morgan fingerprint density at radius 2 is 2.29 bits per heavy atom. The summed E-state index contributed by atoms with van der Waals surface area (Å²) in [6.45, 7) is 2.00. The van der Waals surface area contributed by atoms with Crippen LogP contribution in [0.1, 0.15) is 18.6 Å². The van der Waals surface area contributed by atoms with Crippen molar-refractivity contribution in [2.75, 3.05) is 11.9 Å². The Bertz CT molecular complexity index is 466. The molecule has 2 rings (SSSR count). The number of aliphatic hydroxyl groups excluding tert-OH is 2. The van der Waals surface area contributed by atoms with Gasteiger partial charge in [-0.3, -0.25) is 4.79 Å². The fourth-order valence-corrected chi connectivity index (χ4v) is 3.10. The van der Waals surface area contributed by atoms with Crippen molar-refractivity contribution in [2.45, 2.75) is 23.2 Å². The van der Waals surface area contributed by atoms with Crippen molar-refractivity contribution in [2.24, 2.45) is 0 Å². The van der Waals surface area contributed by atoms with Crippen LogP contribution in [0, 0.1) is 0 Å². The summed E-state index contributed by atoms with van der Waals surface area (Å²) in [7, 11) is 0. The van der Waals surface area contributed by atoms with E-state index in [-0.39, 0.29) is 11.9 Å². The van der Waals surface area contributed by atoms with Gasteiger partial charge < -0.3 is 15.5 Å². The van der Waals surface area contributed by atoms with Gasteiger partial charge in [0.1, 0.15) is 0 Å². The summed E-state index contributed by atoms with van der Waals surface area (Å²) in [5.41, 5.74) is 1.22. The van der Waals surface area contributed by atoms with Gasteiger partial charge in [-0.15, -0.1) is 11.8 Å². The van der Waals surface area contributed by atoms with Crippen LogP contribution in [0.2, 0.25) is 0 Å². The SMILES string of the molecule is CC(CO)Sc1cc2c(cc1Br)C(O)C(=O)N2. The van der Waals surface area contributed by atoms with Crippen LogP contribution in [0.15, 0.2) is 21.5 Å². The van der Waals surface area contributed by atoms with Crippen molar-refractivity contribution < 1.29 is 15.0 Å². The number of thioether (sulfide) groups is 1. The first kappa shape index (κ1) is 12.9. The molecule has 0 bridgehead atoms. The number of carbonyl (C=O) groups excluding carboxylic acids is 1. The molecule has 3 N–H and O–H groups in total. The topological polar surface area (TPSA) is 69.6 Å². The molecule has 0 fully saturated rings. The molecule has 6 heteroatoms. The van der Waals surface area contributed by atoms with E-state index in [4.69, 9.17) is 5.11 Å². The Morgan fingerprint density at radius 1 is 1.59 bits per heavy atom. The molecule has 1 aliphatic rings. The standard InChI is InChI=1S/C11H12BrNO3S/c1-5(4-14)17-9-3-8-6(2-7(9)12)10(15)11(16)13-8/h2-3,5,10,14-15H,4H2,1H3,(H,13,16).